The molecule has 144 valence electrons. The Kier molecular flexibility index (Phi) is 6.64. The summed E-state index contributed by atoms with van der Waals surface area (Å²) in [6.45, 7) is 11.7. The van der Waals surface area contributed by atoms with Gasteiger partial charge in [0, 0.05) is 5.56 Å². The molecule has 3 rings (SSSR count). The number of piperazine rings is 1. The summed E-state index contributed by atoms with van der Waals surface area (Å²) in [5.74, 6) is 0.156. The molecule has 0 spiro atoms. The van der Waals surface area contributed by atoms with Gasteiger partial charge in [-0.2, -0.15) is 0 Å². The minimum atomic E-state index is -0.00307. The first-order valence-corrected chi connectivity index (χ1v) is 10.1. The second-order valence-corrected chi connectivity index (χ2v) is 7.94. The van der Waals surface area contributed by atoms with Crippen molar-refractivity contribution in [1.82, 2.24) is 5.32 Å². The molecular weight excluding hydrogens is 334 g/mol. The monoisotopic (exact) mass is 367 g/mol. The molecule has 2 atom stereocenters. The van der Waals surface area contributed by atoms with E-state index in [0.717, 1.165) is 38.3 Å². The standard InChI is InChI=1S/C23H31N3O/c1-18-8-7-9-21(16-18)17-25-12-14-26(15-13-25)20(3)23(27)24-19(2)22-10-5-4-6-11-22/h4-11,16,19-20H,12-15,17H2,1-3H3,(H,24,27)/p+2/t19-,20+/m0/s1. The average molecular weight is 368 g/mol. The number of rotatable bonds is 6. The number of carbonyl (C=O) groups excluding carboxylic acids is 1. The van der Waals surface area contributed by atoms with E-state index in [2.05, 4.69) is 62.5 Å². The van der Waals surface area contributed by atoms with Crippen molar-refractivity contribution in [3.8, 4) is 0 Å². The van der Waals surface area contributed by atoms with E-state index in [0.29, 0.717) is 0 Å². The van der Waals surface area contributed by atoms with Crippen molar-refractivity contribution in [3.05, 3.63) is 71.3 Å². The minimum Gasteiger partial charge on any atom is -0.344 e. The summed E-state index contributed by atoms with van der Waals surface area (Å²) in [4.78, 5) is 15.7. The van der Waals surface area contributed by atoms with Gasteiger partial charge in [0.05, 0.1) is 6.04 Å². The molecule has 1 aliphatic rings. The zero-order valence-electron chi connectivity index (χ0n) is 16.8. The highest BCUT2D eigenvalue weighted by Gasteiger charge is 2.31. The lowest BCUT2D eigenvalue weighted by atomic mass is 10.1. The summed E-state index contributed by atoms with van der Waals surface area (Å²) >= 11 is 0. The van der Waals surface area contributed by atoms with Crippen LogP contribution >= 0.6 is 0 Å². The highest BCUT2D eigenvalue weighted by Crippen LogP contribution is 2.10. The summed E-state index contributed by atoms with van der Waals surface area (Å²) in [5, 5.41) is 3.18. The van der Waals surface area contributed by atoms with Crippen LogP contribution in [-0.2, 0) is 11.3 Å². The van der Waals surface area contributed by atoms with Gasteiger partial charge in [0.25, 0.3) is 5.91 Å². The molecule has 0 aliphatic carbocycles. The molecule has 1 aliphatic heterocycles. The fourth-order valence-electron chi connectivity index (χ4n) is 3.99. The minimum absolute atomic E-state index is 0.00307. The lowest BCUT2D eigenvalue weighted by Crippen LogP contribution is -3.29. The van der Waals surface area contributed by atoms with Crippen molar-refractivity contribution >= 4 is 5.91 Å². The zero-order chi connectivity index (χ0) is 19.2. The van der Waals surface area contributed by atoms with Gasteiger partial charge >= 0.3 is 0 Å². The number of benzene rings is 2. The highest BCUT2D eigenvalue weighted by atomic mass is 16.2. The maximum Gasteiger partial charge on any atom is 0.278 e. The number of carbonyl (C=O) groups is 1. The maximum absolute atomic E-state index is 12.7. The number of amides is 1. The molecule has 4 nitrogen and oxygen atoms in total. The smallest absolute Gasteiger partial charge is 0.278 e. The van der Waals surface area contributed by atoms with E-state index in [-0.39, 0.29) is 18.0 Å². The Morgan fingerprint density at radius 2 is 1.70 bits per heavy atom. The largest absolute Gasteiger partial charge is 0.344 e. The second-order valence-electron chi connectivity index (χ2n) is 7.94. The van der Waals surface area contributed by atoms with Crippen molar-refractivity contribution in [2.45, 2.75) is 39.4 Å². The van der Waals surface area contributed by atoms with Crippen LogP contribution in [0, 0.1) is 6.92 Å². The topological polar surface area (TPSA) is 38.0 Å². The predicted molar refractivity (Wildman–Crippen MR) is 109 cm³/mol. The van der Waals surface area contributed by atoms with Gasteiger partial charge in [-0.3, -0.25) is 4.79 Å². The molecule has 1 amide bonds. The molecule has 1 heterocycles. The Morgan fingerprint density at radius 1 is 1.00 bits per heavy atom. The van der Waals surface area contributed by atoms with E-state index < -0.39 is 0 Å². The third-order valence-corrected chi connectivity index (χ3v) is 5.80. The van der Waals surface area contributed by atoms with Gasteiger partial charge in [0.1, 0.15) is 32.7 Å². The number of quaternary nitrogens is 2. The van der Waals surface area contributed by atoms with Crippen LogP contribution in [-0.4, -0.2) is 38.1 Å². The molecule has 2 aromatic rings. The summed E-state index contributed by atoms with van der Waals surface area (Å²) in [5.41, 5.74) is 3.89. The molecule has 1 fully saturated rings. The van der Waals surface area contributed by atoms with Crippen molar-refractivity contribution in [2.75, 3.05) is 26.2 Å². The molecule has 2 aromatic carbocycles. The molecule has 3 N–H and O–H groups in total. The van der Waals surface area contributed by atoms with Gasteiger partial charge in [-0.05, 0) is 26.3 Å². The quantitative estimate of drug-likeness (QED) is 0.685. The molecule has 27 heavy (non-hydrogen) atoms. The molecule has 4 heteroatoms. The summed E-state index contributed by atoms with van der Waals surface area (Å²) < 4.78 is 0. The molecule has 0 bridgehead atoms. The average Bonchev–Trinajstić information content (AvgIpc) is 2.68. The molecule has 1 saturated heterocycles. The Balaban J connectivity index is 1.47. The fraction of sp³-hybridized carbons (Fsp3) is 0.435. The first kappa shape index (κ1) is 19.6. The molecule has 0 saturated carbocycles. The van der Waals surface area contributed by atoms with Crippen molar-refractivity contribution in [1.29, 1.82) is 0 Å². The number of hydrogen-bond acceptors (Lipinski definition) is 1. The third kappa shape index (κ3) is 5.41. The van der Waals surface area contributed by atoms with Crippen LogP contribution in [0.1, 0.15) is 36.6 Å². The van der Waals surface area contributed by atoms with Crippen LogP contribution in [0.4, 0.5) is 0 Å². The molecule has 0 unspecified atom stereocenters. The van der Waals surface area contributed by atoms with Crippen molar-refractivity contribution in [2.24, 2.45) is 0 Å². The van der Waals surface area contributed by atoms with Gasteiger partial charge in [-0.15, -0.1) is 0 Å². The van der Waals surface area contributed by atoms with E-state index in [1.54, 1.807) is 4.90 Å². The molecular formula is C23H33N3O+2. The second kappa shape index (κ2) is 9.16. The highest BCUT2D eigenvalue weighted by molar-refractivity contribution is 5.80. The van der Waals surface area contributed by atoms with Gasteiger partial charge in [0.15, 0.2) is 6.04 Å². The van der Waals surface area contributed by atoms with Gasteiger partial charge in [-0.25, -0.2) is 0 Å². The van der Waals surface area contributed by atoms with Crippen LogP contribution in [0.15, 0.2) is 54.6 Å². The van der Waals surface area contributed by atoms with E-state index in [1.807, 2.05) is 18.2 Å². The van der Waals surface area contributed by atoms with Crippen LogP contribution in [0.3, 0.4) is 0 Å². The summed E-state index contributed by atoms with van der Waals surface area (Å²) in [6, 6.07) is 19.0. The normalized spacial score (nSPS) is 22.0. The Labute approximate surface area is 163 Å². The lowest BCUT2D eigenvalue weighted by molar-refractivity contribution is -1.02. The van der Waals surface area contributed by atoms with E-state index in [4.69, 9.17) is 0 Å². The van der Waals surface area contributed by atoms with E-state index in [1.165, 1.54) is 16.0 Å². The zero-order valence-corrected chi connectivity index (χ0v) is 16.8. The van der Waals surface area contributed by atoms with Crippen LogP contribution in [0.25, 0.3) is 0 Å². The van der Waals surface area contributed by atoms with Crippen LogP contribution in [0.5, 0.6) is 0 Å². The third-order valence-electron chi connectivity index (χ3n) is 5.80. The van der Waals surface area contributed by atoms with Gasteiger partial charge in [0.2, 0.25) is 0 Å². The first-order valence-electron chi connectivity index (χ1n) is 10.1. The lowest BCUT2D eigenvalue weighted by Gasteiger charge is -2.33. The summed E-state index contributed by atoms with van der Waals surface area (Å²) in [6.07, 6.45) is 0. The number of aryl methyl sites for hydroxylation is 1. The van der Waals surface area contributed by atoms with Crippen molar-refractivity contribution in [3.63, 3.8) is 0 Å². The fourth-order valence-corrected chi connectivity index (χ4v) is 3.99. The Morgan fingerprint density at radius 3 is 2.37 bits per heavy atom. The molecule has 0 aromatic heterocycles. The van der Waals surface area contributed by atoms with E-state index in [9.17, 15) is 4.79 Å². The Bertz CT molecular complexity index is 738. The first-order chi connectivity index (χ1) is 13.0. The van der Waals surface area contributed by atoms with Gasteiger partial charge < -0.3 is 15.1 Å². The van der Waals surface area contributed by atoms with Crippen LogP contribution < -0.4 is 15.1 Å². The predicted octanol–water partition coefficient (Wildman–Crippen LogP) is 0.544. The van der Waals surface area contributed by atoms with Crippen LogP contribution in [0.2, 0.25) is 0 Å². The molecule has 0 radical (unpaired) electrons. The van der Waals surface area contributed by atoms with Crippen molar-refractivity contribution < 1.29 is 14.6 Å². The number of nitrogens with one attached hydrogen (secondary N) is 3. The number of hydrogen-bond donors (Lipinski definition) is 3. The Hall–Kier alpha value is -2.17. The SMILES string of the molecule is Cc1cccc(C[NH+]2CC[NH+]([C@H](C)C(=O)N[C@@H](C)c3ccccc3)CC2)c1. The van der Waals surface area contributed by atoms with E-state index >= 15 is 0 Å². The summed E-state index contributed by atoms with van der Waals surface area (Å²) in [7, 11) is 0. The van der Waals surface area contributed by atoms with Gasteiger partial charge in [-0.1, -0.05) is 60.2 Å². The maximum atomic E-state index is 12.7.